The van der Waals surface area contributed by atoms with E-state index in [0.717, 1.165) is 0 Å². The number of benzene rings is 6. The predicted octanol–water partition coefficient (Wildman–Crippen LogP) is 5.64. The second kappa shape index (κ2) is 7.29. The van der Waals surface area contributed by atoms with Gasteiger partial charge in [0.1, 0.15) is 0 Å². The molecule has 0 atom stereocenters. The number of halogens is 1. The molecule has 7 rings (SSSR count). The molecule has 0 nitrogen and oxygen atoms in total. The minimum absolute atomic E-state index is 0.291. The molecule has 0 spiro atoms. The molecule has 0 fully saturated rings. The van der Waals surface area contributed by atoms with Gasteiger partial charge in [-0.05, 0) is 0 Å². The molecule has 0 aliphatic carbocycles. The van der Waals surface area contributed by atoms with Crippen molar-refractivity contribution in [2.45, 2.75) is 0 Å². The van der Waals surface area contributed by atoms with Gasteiger partial charge in [0.15, 0.2) is 0 Å². The van der Waals surface area contributed by atoms with Gasteiger partial charge in [0.05, 0.1) is 0 Å². The van der Waals surface area contributed by atoms with Crippen molar-refractivity contribution in [2.24, 2.45) is 0 Å². The molecule has 0 radical (unpaired) electrons. The Morgan fingerprint density at radius 3 is 1.72 bits per heavy atom. The monoisotopic (exact) mass is 537 g/mol. The molecule has 0 N–H and O–H groups in total. The van der Waals surface area contributed by atoms with Crippen LogP contribution >= 0.6 is 11.3 Å². The van der Waals surface area contributed by atoms with Crippen molar-refractivity contribution in [3.8, 4) is 0 Å². The van der Waals surface area contributed by atoms with Crippen LogP contribution in [0.25, 0.3) is 52.5 Å². The van der Waals surface area contributed by atoms with E-state index in [1.54, 1.807) is 0 Å². The third kappa shape index (κ3) is 2.79. The molecular formula is C30H18IS-. The molecule has 32 heavy (non-hydrogen) atoms. The minimum atomic E-state index is -0.291. The van der Waals surface area contributed by atoms with Crippen molar-refractivity contribution in [3.05, 3.63) is 116 Å². The van der Waals surface area contributed by atoms with Gasteiger partial charge in [-0.25, -0.2) is 0 Å². The Balaban J connectivity index is 1.47. The fraction of sp³-hybridized carbons (Fsp3) is 0. The first-order valence-corrected chi connectivity index (χ1v) is 13.7. The van der Waals surface area contributed by atoms with E-state index < -0.39 is 0 Å². The summed E-state index contributed by atoms with van der Waals surface area (Å²) in [6.45, 7) is 0. The van der Waals surface area contributed by atoms with E-state index in [0.29, 0.717) is 0 Å². The molecule has 6 aromatic carbocycles. The van der Waals surface area contributed by atoms with Crippen molar-refractivity contribution in [1.29, 1.82) is 0 Å². The molecule has 0 saturated carbocycles. The summed E-state index contributed by atoms with van der Waals surface area (Å²) >= 11 is 1.62. The van der Waals surface area contributed by atoms with E-state index in [1.807, 2.05) is 11.3 Å². The van der Waals surface area contributed by atoms with Crippen LogP contribution in [0.4, 0.5) is 0 Å². The van der Waals surface area contributed by atoms with Crippen molar-refractivity contribution in [3.63, 3.8) is 0 Å². The Hall–Kier alpha value is -2.95. The Labute approximate surface area is 200 Å². The third-order valence-electron chi connectivity index (χ3n) is 6.27. The molecule has 0 aliphatic rings. The summed E-state index contributed by atoms with van der Waals surface area (Å²) in [5.74, 6) is 0. The molecule has 1 aromatic heterocycles. The predicted molar refractivity (Wildman–Crippen MR) is 136 cm³/mol. The van der Waals surface area contributed by atoms with Crippen LogP contribution in [0.1, 0.15) is 0 Å². The van der Waals surface area contributed by atoms with E-state index in [-0.39, 0.29) is 21.2 Å². The quantitative estimate of drug-likeness (QED) is 0.198. The number of rotatable bonds is 2. The van der Waals surface area contributed by atoms with Crippen LogP contribution in [0, 0.1) is 7.14 Å². The number of hydrogen-bond acceptors (Lipinski definition) is 1. The maximum absolute atomic E-state index is 2.46. The van der Waals surface area contributed by atoms with Crippen LogP contribution < -0.4 is 21.2 Å². The van der Waals surface area contributed by atoms with E-state index >= 15 is 0 Å². The summed E-state index contributed by atoms with van der Waals surface area (Å²) in [7, 11) is 0. The average Bonchev–Trinajstić information content (AvgIpc) is 3.24. The second-order valence-electron chi connectivity index (χ2n) is 8.09. The zero-order valence-corrected chi connectivity index (χ0v) is 20.2. The van der Waals surface area contributed by atoms with Gasteiger partial charge in [0.2, 0.25) is 0 Å². The van der Waals surface area contributed by atoms with Gasteiger partial charge < -0.3 is 0 Å². The summed E-state index contributed by atoms with van der Waals surface area (Å²) in [6, 6.07) is 40.5. The van der Waals surface area contributed by atoms with Gasteiger partial charge in [0.25, 0.3) is 0 Å². The van der Waals surface area contributed by atoms with E-state index in [4.69, 9.17) is 0 Å². The zero-order chi connectivity index (χ0) is 21.1. The van der Waals surface area contributed by atoms with Gasteiger partial charge in [-0.1, -0.05) is 0 Å². The van der Waals surface area contributed by atoms with Crippen molar-refractivity contribution in [1.82, 2.24) is 0 Å². The number of hydrogen-bond donors (Lipinski definition) is 0. The van der Waals surface area contributed by atoms with Crippen molar-refractivity contribution >= 4 is 63.8 Å². The van der Waals surface area contributed by atoms with Gasteiger partial charge in [0, 0.05) is 0 Å². The summed E-state index contributed by atoms with van der Waals surface area (Å²) in [4.78, 5) is 0. The molecule has 1 heterocycles. The number of fused-ring (bicyclic) bond motifs is 9. The number of thiophene rings is 1. The molecule has 0 amide bonds. The van der Waals surface area contributed by atoms with Crippen molar-refractivity contribution in [2.75, 3.05) is 0 Å². The maximum atomic E-state index is 2.46. The standard InChI is InChI=1S/C30H18IS/c1-2-10-22-20(8-1)21-9-3-4-11-23(21)26-18-19(16-17-24(22)26)31-27-13-7-15-29-30(27)25-12-5-6-14-28(25)32-29/h1-18H/q-1. The first-order chi connectivity index (χ1) is 15.9. The molecule has 0 aliphatic heterocycles. The van der Waals surface area contributed by atoms with Crippen LogP contribution in [0.3, 0.4) is 0 Å². The van der Waals surface area contributed by atoms with Gasteiger partial charge in [-0.2, -0.15) is 0 Å². The van der Waals surface area contributed by atoms with Crippen LogP contribution in [0.2, 0.25) is 0 Å². The summed E-state index contributed by atoms with van der Waals surface area (Å²) in [5.41, 5.74) is 0. The molecule has 7 aromatic rings. The van der Waals surface area contributed by atoms with E-state index in [9.17, 15) is 0 Å². The SMILES string of the molecule is c1ccc2c(c1)sc1cccc([I-]c3ccc4c5ccccc5c5ccccc5c4c3)c12. The Kier molecular flexibility index (Phi) is 4.24. The molecule has 0 saturated heterocycles. The zero-order valence-electron chi connectivity index (χ0n) is 17.2. The Morgan fingerprint density at radius 2 is 1.00 bits per heavy atom. The summed E-state index contributed by atoms with van der Waals surface area (Å²) in [5, 5.41) is 11.0. The molecule has 0 bridgehead atoms. The van der Waals surface area contributed by atoms with Gasteiger partial charge in [-0.3, -0.25) is 0 Å². The van der Waals surface area contributed by atoms with Crippen LogP contribution in [-0.4, -0.2) is 0 Å². The fourth-order valence-corrected chi connectivity index (χ4v) is 8.92. The summed E-state index contributed by atoms with van der Waals surface area (Å²) in [6.07, 6.45) is 0. The van der Waals surface area contributed by atoms with Gasteiger partial charge >= 0.3 is 201 Å². The molecule has 0 unspecified atom stereocenters. The second-order valence-corrected chi connectivity index (χ2v) is 12.1. The van der Waals surface area contributed by atoms with Gasteiger partial charge in [-0.15, -0.1) is 0 Å². The average molecular weight is 537 g/mol. The Bertz CT molecular complexity index is 1770. The summed E-state index contributed by atoms with van der Waals surface area (Å²) < 4.78 is 5.78. The van der Waals surface area contributed by atoms with Crippen LogP contribution in [-0.2, 0) is 0 Å². The first-order valence-electron chi connectivity index (χ1n) is 10.8. The fourth-order valence-electron chi connectivity index (χ4n) is 4.87. The molecule has 152 valence electrons. The molecule has 2 heteroatoms. The van der Waals surface area contributed by atoms with Crippen LogP contribution in [0.15, 0.2) is 109 Å². The van der Waals surface area contributed by atoms with Crippen molar-refractivity contribution < 1.29 is 21.2 Å². The van der Waals surface area contributed by atoms with E-state index in [2.05, 4.69) is 109 Å². The first kappa shape index (κ1) is 18.6. The van der Waals surface area contributed by atoms with E-state index in [1.165, 1.54) is 59.6 Å². The van der Waals surface area contributed by atoms with Crippen LogP contribution in [0.5, 0.6) is 0 Å². The normalized spacial score (nSPS) is 12.0. The Morgan fingerprint density at radius 1 is 0.438 bits per heavy atom. The molecular weight excluding hydrogens is 519 g/mol. The third-order valence-corrected chi connectivity index (χ3v) is 10.2. The topological polar surface area (TPSA) is 0 Å².